The molecule has 0 N–H and O–H groups in total. The first-order chi connectivity index (χ1) is 3.70. The maximum absolute atomic E-state index is 10.3. The summed E-state index contributed by atoms with van der Waals surface area (Å²) in [6.07, 6.45) is 0. The molecule has 0 radical (unpaired) electrons. The van der Waals surface area contributed by atoms with Gasteiger partial charge < -0.3 is 4.52 Å². The summed E-state index contributed by atoms with van der Waals surface area (Å²) in [5.74, 6) is 0. The van der Waals surface area contributed by atoms with Gasteiger partial charge in [-0.25, -0.2) is 9.53 Å². The van der Waals surface area contributed by atoms with E-state index in [1.54, 1.807) is 7.05 Å². The monoisotopic (exact) mass is 113 g/mol. The van der Waals surface area contributed by atoms with Crippen molar-refractivity contribution in [3.05, 3.63) is 22.2 Å². The highest BCUT2D eigenvalue weighted by Crippen LogP contribution is 1.87. The Morgan fingerprint density at radius 1 is 1.75 bits per heavy atom. The van der Waals surface area contributed by atoms with Crippen molar-refractivity contribution in [1.82, 2.24) is 4.74 Å². The molecule has 0 bridgehead atoms. The van der Waals surface area contributed by atoms with E-state index in [9.17, 15) is 4.79 Å². The van der Waals surface area contributed by atoms with E-state index in [2.05, 4.69) is 4.52 Å². The van der Waals surface area contributed by atoms with E-state index in [1.165, 1.54) is 10.8 Å². The van der Waals surface area contributed by atoms with Gasteiger partial charge >= 0.3 is 5.63 Å². The molecule has 0 fully saturated rings. The Bertz CT molecular complexity index is 210. The number of hydrogen-bond donors (Lipinski definition) is 0. The standard InChI is InChI=1S/C5H7NO2/c1-4-3-5(7)8-6(4)2/h3H,1-2H3. The van der Waals surface area contributed by atoms with Crippen molar-refractivity contribution in [2.45, 2.75) is 6.92 Å². The topological polar surface area (TPSA) is 35.1 Å². The SMILES string of the molecule is Cc1cc(=O)on1C. The van der Waals surface area contributed by atoms with Gasteiger partial charge in [-0.3, -0.25) is 0 Å². The summed E-state index contributed by atoms with van der Waals surface area (Å²) in [5, 5.41) is 0. The number of hydrogen-bond acceptors (Lipinski definition) is 2. The van der Waals surface area contributed by atoms with E-state index in [0.29, 0.717) is 0 Å². The third kappa shape index (κ3) is 0.665. The summed E-state index contributed by atoms with van der Waals surface area (Å²) in [6.45, 7) is 1.81. The second-order valence-corrected chi connectivity index (χ2v) is 1.69. The van der Waals surface area contributed by atoms with Crippen LogP contribution >= 0.6 is 0 Å². The van der Waals surface area contributed by atoms with E-state index >= 15 is 0 Å². The van der Waals surface area contributed by atoms with E-state index in [0.717, 1.165) is 5.69 Å². The van der Waals surface area contributed by atoms with Crippen molar-refractivity contribution in [2.24, 2.45) is 7.05 Å². The van der Waals surface area contributed by atoms with Gasteiger partial charge in [0, 0.05) is 13.1 Å². The Morgan fingerprint density at radius 2 is 2.38 bits per heavy atom. The van der Waals surface area contributed by atoms with Crippen LogP contribution in [0.4, 0.5) is 0 Å². The normalized spacial score (nSPS) is 9.75. The highest BCUT2D eigenvalue weighted by atomic mass is 16.5. The van der Waals surface area contributed by atoms with Crippen LogP contribution in [0, 0.1) is 6.92 Å². The molecule has 3 heteroatoms. The number of rotatable bonds is 0. The molecule has 3 nitrogen and oxygen atoms in total. The Balaban J connectivity index is 3.35. The lowest BCUT2D eigenvalue weighted by atomic mass is 10.5. The molecular weight excluding hydrogens is 106 g/mol. The third-order valence-corrected chi connectivity index (χ3v) is 1.05. The molecule has 0 amide bonds. The minimum Gasteiger partial charge on any atom is -0.337 e. The van der Waals surface area contributed by atoms with Crippen molar-refractivity contribution in [2.75, 3.05) is 0 Å². The van der Waals surface area contributed by atoms with E-state index < -0.39 is 0 Å². The Morgan fingerprint density at radius 3 is 2.50 bits per heavy atom. The summed E-state index contributed by atoms with van der Waals surface area (Å²) in [5.41, 5.74) is 0.556. The first kappa shape index (κ1) is 5.15. The van der Waals surface area contributed by atoms with Gasteiger partial charge in [-0.05, 0) is 6.92 Å². The van der Waals surface area contributed by atoms with Gasteiger partial charge in [0.25, 0.3) is 0 Å². The maximum Gasteiger partial charge on any atom is 0.357 e. The van der Waals surface area contributed by atoms with Crippen LogP contribution in [-0.4, -0.2) is 4.74 Å². The van der Waals surface area contributed by atoms with E-state index in [-0.39, 0.29) is 5.63 Å². The highest BCUT2D eigenvalue weighted by Gasteiger charge is 1.92. The average Bonchev–Trinajstić information content (AvgIpc) is 1.85. The molecule has 1 rings (SSSR count). The molecule has 0 unspecified atom stereocenters. The Labute approximate surface area is 46.5 Å². The van der Waals surface area contributed by atoms with Crippen LogP contribution in [-0.2, 0) is 7.05 Å². The molecule has 0 saturated heterocycles. The molecular formula is C5H7NO2. The van der Waals surface area contributed by atoms with Crippen LogP contribution in [0.2, 0.25) is 0 Å². The number of aryl methyl sites for hydroxylation is 2. The van der Waals surface area contributed by atoms with Crippen molar-refractivity contribution in [3.8, 4) is 0 Å². The minimum atomic E-state index is -0.287. The van der Waals surface area contributed by atoms with Crippen molar-refractivity contribution < 1.29 is 4.52 Å². The smallest absolute Gasteiger partial charge is 0.337 e. The fourth-order valence-electron chi connectivity index (χ4n) is 0.495. The lowest BCUT2D eigenvalue weighted by Gasteiger charge is -1.86. The van der Waals surface area contributed by atoms with Gasteiger partial charge in [0.05, 0.1) is 5.69 Å². The average molecular weight is 113 g/mol. The van der Waals surface area contributed by atoms with Crippen LogP contribution in [0.1, 0.15) is 5.69 Å². The first-order valence-electron chi connectivity index (χ1n) is 2.34. The third-order valence-electron chi connectivity index (χ3n) is 1.05. The van der Waals surface area contributed by atoms with Crippen LogP contribution in [0.5, 0.6) is 0 Å². The summed E-state index contributed by atoms with van der Waals surface area (Å²) in [7, 11) is 1.69. The molecule has 0 saturated carbocycles. The van der Waals surface area contributed by atoms with Gasteiger partial charge in [0.2, 0.25) is 0 Å². The predicted octanol–water partition coefficient (Wildman–Crippen LogP) is 0.287. The largest absolute Gasteiger partial charge is 0.357 e. The van der Waals surface area contributed by atoms with Crippen LogP contribution in [0.25, 0.3) is 0 Å². The van der Waals surface area contributed by atoms with Crippen molar-refractivity contribution >= 4 is 0 Å². The number of aromatic nitrogens is 1. The zero-order valence-corrected chi connectivity index (χ0v) is 4.84. The van der Waals surface area contributed by atoms with Gasteiger partial charge in [-0.15, -0.1) is 0 Å². The fraction of sp³-hybridized carbons (Fsp3) is 0.400. The summed E-state index contributed by atoms with van der Waals surface area (Å²) < 4.78 is 6.01. The molecule has 1 heterocycles. The molecule has 0 aliphatic heterocycles. The summed E-state index contributed by atoms with van der Waals surface area (Å²) in [4.78, 5) is 10.3. The minimum absolute atomic E-state index is 0.287. The Hall–Kier alpha value is -0.990. The Kier molecular flexibility index (Phi) is 0.970. The molecule has 0 atom stereocenters. The lowest BCUT2D eigenvalue weighted by Crippen LogP contribution is -1.89. The lowest BCUT2D eigenvalue weighted by molar-refractivity contribution is 0.280. The predicted molar refractivity (Wildman–Crippen MR) is 28.7 cm³/mol. The molecule has 0 aromatic carbocycles. The number of nitrogens with zero attached hydrogens (tertiary/aromatic N) is 1. The second-order valence-electron chi connectivity index (χ2n) is 1.69. The van der Waals surface area contributed by atoms with Gasteiger partial charge in [0.1, 0.15) is 0 Å². The van der Waals surface area contributed by atoms with Crippen LogP contribution in [0.15, 0.2) is 15.4 Å². The van der Waals surface area contributed by atoms with E-state index in [1.807, 2.05) is 6.92 Å². The molecule has 1 aromatic rings. The van der Waals surface area contributed by atoms with E-state index in [4.69, 9.17) is 0 Å². The van der Waals surface area contributed by atoms with Crippen molar-refractivity contribution in [3.63, 3.8) is 0 Å². The maximum atomic E-state index is 10.3. The van der Waals surface area contributed by atoms with Gasteiger partial charge in [0.15, 0.2) is 0 Å². The van der Waals surface area contributed by atoms with Gasteiger partial charge in [-0.2, -0.15) is 0 Å². The zero-order valence-electron chi connectivity index (χ0n) is 4.84. The first-order valence-corrected chi connectivity index (χ1v) is 2.34. The highest BCUT2D eigenvalue weighted by molar-refractivity contribution is 4.92. The van der Waals surface area contributed by atoms with Gasteiger partial charge in [-0.1, -0.05) is 0 Å². The zero-order chi connectivity index (χ0) is 6.15. The van der Waals surface area contributed by atoms with Crippen molar-refractivity contribution in [1.29, 1.82) is 0 Å². The second kappa shape index (κ2) is 1.51. The molecule has 1 aromatic heterocycles. The quantitative estimate of drug-likeness (QED) is 0.484. The molecule has 44 valence electrons. The van der Waals surface area contributed by atoms with Crippen LogP contribution in [0.3, 0.4) is 0 Å². The molecule has 0 aliphatic rings. The summed E-state index contributed by atoms with van der Waals surface area (Å²) in [6, 6.07) is 1.44. The fourth-order valence-corrected chi connectivity index (χ4v) is 0.495. The van der Waals surface area contributed by atoms with Crippen LogP contribution < -0.4 is 5.63 Å². The molecule has 0 aliphatic carbocycles. The molecule has 8 heavy (non-hydrogen) atoms. The summed E-state index contributed by atoms with van der Waals surface area (Å²) >= 11 is 0. The molecule has 0 spiro atoms.